The van der Waals surface area contributed by atoms with E-state index in [1.165, 1.54) is 14.0 Å². The maximum Gasteiger partial charge on any atom is 0.226 e. The van der Waals surface area contributed by atoms with Crippen LogP contribution in [0.5, 0.6) is 5.75 Å². The topological polar surface area (TPSA) is 84.7 Å². The number of hydrogen-bond donors (Lipinski definition) is 2. The van der Waals surface area contributed by atoms with Crippen molar-refractivity contribution in [3.8, 4) is 5.75 Å². The van der Waals surface area contributed by atoms with Crippen molar-refractivity contribution >= 4 is 35.6 Å². The Hall–Kier alpha value is -2.73. The fourth-order valence-corrected chi connectivity index (χ4v) is 2.42. The molecule has 6 nitrogen and oxygen atoms in total. The number of halogens is 1. The zero-order valence-electron chi connectivity index (χ0n) is 14.9. The molecule has 2 amide bonds. The van der Waals surface area contributed by atoms with Crippen LogP contribution in [0.4, 0.5) is 11.4 Å². The van der Waals surface area contributed by atoms with Gasteiger partial charge in [0.25, 0.3) is 0 Å². The molecule has 0 aliphatic rings. The number of nitrogens with two attached hydrogens (primary N) is 1. The average molecular weight is 378 g/mol. The summed E-state index contributed by atoms with van der Waals surface area (Å²) in [6, 6.07) is 14.7. The summed E-state index contributed by atoms with van der Waals surface area (Å²) in [5.41, 5.74) is 7.91. The van der Waals surface area contributed by atoms with E-state index in [2.05, 4.69) is 5.32 Å². The molecule has 2 rings (SSSR count). The number of amides is 2. The van der Waals surface area contributed by atoms with Crippen LogP contribution >= 0.6 is 12.4 Å². The molecule has 140 valence electrons. The van der Waals surface area contributed by atoms with Crippen molar-refractivity contribution in [1.29, 1.82) is 0 Å². The van der Waals surface area contributed by atoms with Gasteiger partial charge in [0.2, 0.25) is 11.8 Å². The highest BCUT2D eigenvalue weighted by Crippen LogP contribution is 2.24. The number of nitrogens with zero attached hydrogens (tertiary/aromatic N) is 1. The van der Waals surface area contributed by atoms with Crippen molar-refractivity contribution in [2.75, 3.05) is 24.7 Å². The van der Waals surface area contributed by atoms with E-state index < -0.39 is 0 Å². The number of rotatable bonds is 7. The van der Waals surface area contributed by atoms with Crippen LogP contribution in [0.2, 0.25) is 0 Å². The van der Waals surface area contributed by atoms with Crippen LogP contribution in [0.1, 0.15) is 18.9 Å². The van der Waals surface area contributed by atoms with Gasteiger partial charge in [0, 0.05) is 32.1 Å². The van der Waals surface area contributed by atoms with Crippen molar-refractivity contribution < 1.29 is 14.3 Å². The largest absolute Gasteiger partial charge is 0.495 e. The molecule has 26 heavy (non-hydrogen) atoms. The first-order chi connectivity index (χ1) is 12.0. The Balaban J connectivity index is 0.00000338. The Labute approximate surface area is 159 Å². The van der Waals surface area contributed by atoms with E-state index in [0.717, 1.165) is 5.56 Å². The summed E-state index contributed by atoms with van der Waals surface area (Å²) in [7, 11) is 1.53. The molecule has 0 bridgehead atoms. The Morgan fingerprint density at radius 3 is 2.42 bits per heavy atom. The van der Waals surface area contributed by atoms with Crippen molar-refractivity contribution in [2.24, 2.45) is 0 Å². The lowest BCUT2D eigenvalue weighted by molar-refractivity contribution is -0.129. The number of benzene rings is 2. The summed E-state index contributed by atoms with van der Waals surface area (Å²) in [5.74, 6) is 0.317. The summed E-state index contributed by atoms with van der Waals surface area (Å²) < 4.78 is 5.08. The van der Waals surface area contributed by atoms with Crippen molar-refractivity contribution in [1.82, 2.24) is 4.90 Å². The van der Waals surface area contributed by atoms with E-state index in [-0.39, 0.29) is 30.6 Å². The summed E-state index contributed by atoms with van der Waals surface area (Å²) >= 11 is 0. The molecule has 0 saturated carbocycles. The number of nitrogen functional groups attached to an aromatic ring is 1. The monoisotopic (exact) mass is 377 g/mol. The van der Waals surface area contributed by atoms with E-state index >= 15 is 0 Å². The van der Waals surface area contributed by atoms with Gasteiger partial charge >= 0.3 is 0 Å². The van der Waals surface area contributed by atoms with Gasteiger partial charge in [-0.3, -0.25) is 9.59 Å². The van der Waals surface area contributed by atoms with Gasteiger partial charge in [-0.1, -0.05) is 30.3 Å². The molecule has 3 N–H and O–H groups in total. The molecule has 2 aromatic carbocycles. The second-order valence-electron chi connectivity index (χ2n) is 5.68. The number of ether oxygens (including phenoxy) is 1. The molecular formula is C19H24ClN3O3. The van der Waals surface area contributed by atoms with Gasteiger partial charge in [0.1, 0.15) is 5.75 Å². The van der Waals surface area contributed by atoms with Crippen LogP contribution in [0.3, 0.4) is 0 Å². The molecule has 0 aromatic heterocycles. The molecule has 0 atom stereocenters. The lowest BCUT2D eigenvalue weighted by atomic mass is 10.2. The first-order valence-electron chi connectivity index (χ1n) is 8.02. The second kappa shape index (κ2) is 10.3. The van der Waals surface area contributed by atoms with Crippen LogP contribution in [0.25, 0.3) is 0 Å². The average Bonchev–Trinajstić information content (AvgIpc) is 2.59. The zero-order valence-corrected chi connectivity index (χ0v) is 15.7. The van der Waals surface area contributed by atoms with E-state index in [9.17, 15) is 9.59 Å². The molecule has 0 heterocycles. The van der Waals surface area contributed by atoms with Crippen LogP contribution in [-0.4, -0.2) is 30.4 Å². The predicted octanol–water partition coefficient (Wildman–Crippen LogP) is 3.08. The van der Waals surface area contributed by atoms with E-state index in [0.29, 0.717) is 30.2 Å². The fourth-order valence-electron chi connectivity index (χ4n) is 2.42. The van der Waals surface area contributed by atoms with Gasteiger partial charge in [-0.05, 0) is 23.8 Å². The van der Waals surface area contributed by atoms with Gasteiger partial charge in [-0.15, -0.1) is 12.4 Å². The van der Waals surface area contributed by atoms with Crippen molar-refractivity contribution in [2.45, 2.75) is 19.9 Å². The van der Waals surface area contributed by atoms with E-state index in [4.69, 9.17) is 10.5 Å². The minimum absolute atomic E-state index is 0. The van der Waals surface area contributed by atoms with Crippen LogP contribution < -0.4 is 15.8 Å². The summed E-state index contributed by atoms with van der Waals surface area (Å²) in [4.78, 5) is 25.6. The molecule has 0 aliphatic carbocycles. The van der Waals surface area contributed by atoms with Gasteiger partial charge in [0.05, 0.1) is 12.8 Å². The number of nitrogens with one attached hydrogen (secondary N) is 1. The van der Waals surface area contributed by atoms with Crippen LogP contribution in [0.15, 0.2) is 48.5 Å². The maximum absolute atomic E-state index is 12.1. The van der Waals surface area contributed by atoms with Crippen LogP contribution in [-0.2, 0) is 16.1 Å². The smallest absolute Gasteiger partial charge is 0.226 e. The minimum Gasteiger partial charge on any atom is -0.495 e. The van der Waals surface area contributed by atoms with Gasteiger partial charge in [0.15, 0.2) is 0 Å². The summed E-state index contributed by atoms with van der Waals surface area (Å²) in [6.45, 7) is 2.34. The molecule has 7 heteroatoms. The third kappa shape index (κ3) is 6.29. The first-order valence-corrected chi connectivity index (χ1v) is 8.02. The van der Waals surface area contributed by atoms with E-state index in [1.807, 2.05) is 30.3 Å². The highest BCUT2D eigenvalue weighted by atomic mass is 35.5. The highest BCUT2D eigenvalue weighted by molar-refractivity contribution is 5.91. The Morgan fingerprint density at radius 2 is 1.85 bits per heavy atom. The number of carbonyl (C=O) groups excluding carboxylic acids is 2. The van der Waals surface area contributed by atoms with E-state index in [1.54, 1.807) is 23.1 Å². The molecule has 0 spiro atoms. The minimum atomic E-state index is -0.177. The Kier molecular flexibility index (Phi) is 8.45. The molecule has 0 saturated heterocycles. The number of anilines is 2. The second-order valence-corrected chi connectivity index (χ2v) is 5.68. The predicted molar refractivity (Wildman–Crippen MR) is 105 cm³/mol. The lowest BCUT2D eigenvalue weighted by Gasteiger charge is -2.21. The maximum atomic E-state index is 12.1. The van der Waals surface area contributed by atoms with Crippen molar-refractivity contribution in [3.63, 3.8) is 0 Å². The summed E-state index contributed by atoms with van der Waals surface area (Å²) in [6.07, 6.45) is 0.207. The molecule has 0 radical (unpaired) electrons. The normalized spacial score (nSPS) is 9.77. The Morgan fingerprint density at radius 1 is 1.15 bits per heavy atom. The first kappa shape index (κ1) is 21.3. The quantitative estimate of drug-likeness (QED) is 0.726. The molecular weight excluding hydrogens is 354 g/mol. The lowest BCUT2D eigenvalue weighted by Crippen LogP contribution is -2.31. The van der Waals surface area contributed by atoms with Crippen molar-refractivity contribution in [3.05, 3.63) is 54.1 Å². The molecule has 0 aliphatic heterocycles. The number of methoxy groups -OCH3 is 1. The number of hydrogen-bond acceptors (Lipinski definition) is 4. The standard InChI is InChI=1S/C19H23N3O3.ClH/c1-14(23)22(13-15-6-4-3-5-7-15)11-10-19(24)21-16-8-9-18(25-2)17(20)12-16;/h3-9,12H,10-11,13,20H2,1-2H3,(H,21,24);1H. The molecule has 2 aromatic rings. The van der Waals surface area contributed by atoms with Gasteiger partial charge < -0.3 is 20.7 Å². The Bertz CT molecular complexity index is 738. The zero-order chi connectivity index (χ0) is 18.2. The molecule has 0 unspecified atom stereocenters. The molecule has 0 fully saturated rings. The van der Waals surface area contributed by atoms with Gasteiger partial charge in [-0.2, -0.15) is 0 Å². The third-order valence-corrected chi connectivity index (χ3v) is 3.78. The van der Waals surface area contributed by atoms with Gasteiger partial charge in [-0.25, -0.2) is 0 Å². The SMILES string of the molecule is COc1ccc(NC(=O)CCN(Cc2ccccc2)C(C)=O)cc1N.Cl. The highest BCUT2D eigenvalue weighted by Gasteiger charge is 2.12. The third-order valence-electron chi connectivity index (χ3n) is 3.78. The number of carbonyl (C=O) groups is 2. The summed E-state index contributed by atoms with van der Waals surface area (Å²) in [5, 5.41) is 2.78. The fraction of sp³-hybridized carbons (Fsp3) is 0.263. The van der Waals surface area contributed by atoms with Crippen LogP contribution in [0, 0.1) is 0 Å².